The van der Waals surface area contributed by atoms with Crippen LogP contribution >= 0.6 is 11.6 Å². The van der Waals surface area contributed by atoms with Crippen LogP contribution in [0.4, 0.5) is 0 Å². The van der Waals surface area contributed by atoms with E-state index in [2.05, 4.69) is 39.8 Å². The molecule has 0 radical (unpaired) electrons. The Morgan fingerprint density at radius 2 is 1.73 bits per heavy atom. The van der Waals surface area contributed by atoms with Gasteiger partial charge in [0.2, 0.25) is 0 Å². The molecule has 0 saturated carbocycles. The zero-order valence-corrected chi connectivity index (χ0v) is 8.94. The second kappa shape index (κ2) is 4.15. The zero-order chi connectivity index (χ0) is 9.07. The first kappa shape index (κ1) is 11.0. The van der Waals surface area contributed by atoms with Gasteiger partial charge in [-0.25, -0.2) is 0 Å². The predicted octanol–water partition coefficient (Wildman–Crippen LogP) is 3.85. The fourth-order valence-electron chi connectivity index (χ4n) is 1.10. The summed E-state index contributed by atoms with van der Waals surface area (Å²) in [5, 5.41) is 0. The molecule has 0 spiro atoms. The number of alkyl halides is 1. The summed E-state index contributed by atoms with van der Waals surface area (Å²) < 4.78 is 0. The lowest BCUT2D eigenvalue weighted by molar-refractivity contribution is 0.369. The summed E-state index contributed by atoms with van der Waals surface area (Å²) in [6, 6.07) is 0. The van der Waals surface area contributed by atoms with E-state index in [1.807, 2.05) is 6.92 Å². The molecule has 2 atom stereocenters. The highest BCUT2D eigenvalue weighted by Gasteiger charge is 2.25. The predicted molar refractivity (Wildman–Crippen MR) is 53.1 cm³/mol. The Morgan fingerprint density at radius 1 is 1.27 bits per heavy atom. The summed E-state index contributed by atoms with van der Waals surface area (Å²) in [5.41, 5.74) is 0. The van der Waals surface area contributed by atoms with Gasteiger partial charge in [0, 0.05) is 4.87 Å². The first-order valence-electron chi connectivity index (χ1n) is 4.21. The summed E-state index contributed by atoms with van der Waals surface area (Å²) in [4.78, 5) is -0.0983. The van der Waals surface area contributed by atoms with Gasteiger partial charge in [-0.2, -0.15) is 0 Å². The van der Waals surface area contributed by atoms with Gasteiger partial charge in [-0.15, -0.1) is 11.6 Å². The van der Waals surface area contributed by atoms with Gasteiger partial charge in [0.25, 0.3) is 0 Å². The average Bonchev–Trinajstić information content (AvgIpc) is 1.85. The van der Waals surface area contributed by atoms with Gasteiger partial charge in [-0.05, 0) is 32.6 Å². The monoisotopic (exact) mass is 174 g/mol. The molecule has 0 aliphatic rings. The van der Waals surface area contributed by atoms with E-state index in [9.17, 15) is 0 Å². The molecule has 0 saturated heterocycles. The van der Waals surface area contributed by atoms with Crippen molar-refractivity contribution in [2.45, 2.75) is 39.5 Å². The zero-order valence-electron chi connectivity index (χ0n) is 8.19. The molecule has 0 fully saturated rings. The molecule has 0 aromatic heterocycles. The summed E-state index contributed by atoms with van der Waals surface area (Å²) in [6.45, 7) is 10.6. The molecule has 1 heteroatoms. The number of rotatable bonds is 3. The largest absolute Gasteiger partial charge is 0.120 e. The Morgan fingerprint density at radius 3 is 2.00 bits per heavy atom. The van der Waals surface area contributed by atoms with Crippen molar-refractivity contribution >= 4 is 11.6 Å². The first-order valence-corrected chi connectivity index (χ1v) is 4.59. The van der Waals surface area contributed by atoms with Crippen LogP contribution in [0.25, 0.3) is 0 Å². The maximum absolute atomic E-state index is 6.18. The topological polar surface area (TPSA) is 0 Å². The lowest BCUT2D eigenvalue weighted by atomic mass is 9.85. The van der Waals surface area contributed by atoms with Crippen LogP contribution in [0.2, 0.25) is 0 Å². The van der Waals surface area contributed by atoms with Crippen LogP contribution in [-0.2, 0) is 0 Å². The van der Waals surface area contributed by atoms with E-state index in [4.69, 9.17) is 11.6 Å². The molecule has 66 valence electrons. The van der Waals surface area contributed by atoms with Gasteiger partial charge in [0.15, 0.2) is 0 Å². The maximum Gasteiger partial charge on any atom is 0.0421 e. The van der Waals surface area contributed by atoms with Gasteiger partial charge < -0.3 is 0 Å². The third-order valence-electron chi connectivity index (χ3n) is 2.37. The molecule has 0 rings (SSSR count). The van der Waals surface area contributed by atoms with Crippen molar-refractivity contribution in [3.05, 3.63) is 12.2 Å². The summed E-state index contributed by atoms with van der Waals surface area (Å²) >= 11 is 6.18. The SMILES string of the molecule is C/C=C/C(C)C(C)C(C)(C)Cl. The van der Waals surface area contributed by atoms with Gasteiger partial charge in [0.1, 0.15) is 0 Å². The van der Waals surface area contributed by atoms with Crippen molar-refractivity contribution in [1.29, 1.82) is 0 Å². The lowest BCUT2D eigenvalue weighted by Gasteiger charge is -2.28. The number of hydrogen-bond acceptors (Lipinski definition) is 0. The Balaban J connectivity index is 4.13. The van der Waals surface area contributed by atoms with Crippen LogP contribution in [0.3, 0.4) is 0 Å². The standard InChI is InChI=1S/C10H19Cl/c1-6-7-8(2)9(3)10(4,5)11/h6-9H,1-5H3/b7-6+. The van der Waals surface area contributed by atoms with Crippen molar-refractivity contribution in [1.82, 2.24) is 0 Å². The second-order valence-corrected chi connectivity index (χ2v) is 4.71. The van der Waals surface area contributed by atoms with Crippen molar-refractivity contribution in [2.75, 3.05) is 0 Å². The third-order valence-corrected chi connectivity index (χ3v) is 2.71. The summed E-state index contributed by atoms with van der Waals surface area (Å²) in [6.07, 6.45) is 4.29. The molecule has 0 aliphatic heterocycles. The van der Waals surface area contributed by atoms with Crippen molar-refractivity contribution in [3.63, 3.8) is 0 Å². The van der Waals surface area contributed by atoms with E-state index < -0.39 is 0 Å². The second-order valence-electron chi connectivity index (χ2n) is 3.74. The molecule has 0 N–H and O–H groups in total. The van der Waals surface area contributed by atoms with E-state index in [1.165, 1.54) is 0 Å². The molecule has 0 amide bonds. The van der Waals surface area contributed by atoms with E-state index in [0.717, 1.165) is 0 Å². The van der Waals surface area contributed by atoms with Crippen LogP contribution < -0.4 is 0 Å². The van der Waals surface area contributed by atoms with Gasteiger partial charge in [-0.3, -0.25) is 0 Å². The van der Waals surface area contributed by atoms with Crippen molar-refractivity contribution in [3.8, 4) is 0 Å². The summed E-state index contributed by atoms with van der Waals surface area (Å²) in [7, 11) is 0. The molecule has 0 aromatic rings. The van der Waals surface area contributed by atoms with Crippen molar-refractivity contribution < 1.29 is 0 Å². The average molecular weight is 175 g/mol. The molecule has 11 heavy (non-hydrogen) atoms. The Bertz CT molecular complexity index is 130. The number of hydrogen-bond donors (Lipinski definition) is 0. The van der Waals surface area contributed by atoms with Crippen LogP contribution in [0.5, 0.6) is 0 Å². The first-order chi connectivity index (χ1) is 4.89. The molecular formula is C10H19Cl. The number of halogens is 1. The Kier molecular flexibility index (Phi) is 4.17. The summed E-state index contributed by atoms with van der Waals surface area (Å²) in [5.74, 6) is 1.08. The van der Waals surface area contributed by atoms with E-state index in [1.54, 1.807) is 0 Å². The van der Waals surface area contributed by atoms with Gasteiger partial charge in [-0.1, -0.05) is 26.0 Å². The van der Waals surface area contributed by atoms with E-state index in [-0.39, 0.29) is 4.87 Å². The molecule has 0 aliphatic carbocycles. The molecular weight excluding hydrogens is 156 g/mol. The van der Waals surface area contributed by atoms with E-state index in [0.29, 0.717) is 11.8 Å². The fraction of sp³-hybridized carbons (Fsp3) is 0.800. The quantitative estimate of drug-likeness (QED) is 0.451. The highest BCUT2D eigenvalue weighted by atomic mass is 35.5. The Hall–Kier alpha value is 0.0300. The van der Waals surface area contributed by atoms with Gasteiger partial charge in [0.05, 0.1) is 0 Å². The molecule has 0 heterocycles. The minimum Gasteiger partial charge on any atom is -0.120 e. The molecule has 0 bridgehead atoms. The van der Waals surface area contributed by atoms with Crippen molar-refractivity contribution in [2.24, 2.45) is 11.8 Å². The smallest absolute Gasteiger partial charge is 0.0421 e. The maximum atomic E-state index is 6.18. The highest BCUT2D eigenvalue weighted by molar-refractivity contribution is 6.23. The van der Waals surface area contributed by atoms with Crippen LogP contribution in [0.15, 0.2) is 12.2 Å². The number of allylic oxidation sites excluding steroid dienone is 2. The minimum absolute atomic E-state index is 0.0983. The van der Waals surface area contributed by atoms with Crippen LogP contribution in [-0.4, -0.2) is 4.87 Å². The normalized spacial score (nSPS) is 18.7. The molecule has 0 nitrogen and oxygen atoms in total. The Labute approximate surface area is 75.6 Å². The lowest BCUT2D eigenvalue weighted by Crippen LogP contribution is -2.26. The van der Waals surface area contributed by atoms with E-state index >= 15 is 0 Å². The molecule has 2 unspecified atom stereocenters. The van der Waals surface area contributed by atoms with Crippen LogP contribution in [0, 0.1) is 11.8 Å². The van der Waals surface area contributed by atoms with Crippen LogP contribution in [0.1, 0.15) is 34.6 Å². The van der Waals surface area contributed by atoms with Gasteiger partial charge >= 0.3 is 0 Å². The fourth-order valence-corrected chi connectivity index (χ4v) is 1.29. The minimum atomic E-state index is -0.0983. The third kappa shape index (κ3) is 3.81. The highest BCUT2D eigenvalue weighted by Crippen LogP contribution is 2.30. The molecule has 0 aromatic carbocycles.